The predicted molar refractivity (Wildman–Crippen MR) is 99.7 cm³/mol. The van der Waals surface area contributed by atoms with Crippen LogP contribution in [-0.4, -0.2) is 20.4 Å². The van der Waals surface area contributed by atoms with Gasteiger partial charge in [0.25, 0.3) is 0 Å². The molecule has 2 rings (SSSR count). The van der Waals surface area contributed by atoms with Crippen molar-refractivity contribution in [2.75, 3.05) is 10.6 Å². The lowest BCUT2D eigenvalue weighted by molar-refractivity contribution is -0.111. The SMILES string of the molecule is CCCC(=O)Sc1nnc(NC(=S)Nc2ccc(Br)cc2)s1. The highest BCUT2D eigenvalue weighted by Gasteiger charge is 2.10. The Bertz CT molecular complexity index is 660. The van der Waals surface area contributed by atoms with Crippen LogP contribution in [0.4, 0.5) is 10.8 Å². The molecule has 0 spiro atoms. The van der Waals surface area contributed by atoms with Gasteiger partial charge < -0.3 is 10.6 Å². The van der Waals surface area contributed by atoms with Crippen molar-refractivity contribution in [3.8, 4) is 0 Å². The van der Waals surface area contributed by atoms with E-state index in [0.717, 1.165) is 28.3 Å². The minimum absolute atomic E-state index is 0.0979. The van der Waals surface area contributed by atoms with E-state index in [2.05, 4.69) is 36.8 Å². The molecule has 116 valence electrons. The third-order valence-corrected chi connectivity index (χ3v) is 4.94. The number of benzene rings is 1. The van der Waals surface area contributed by atoms with E-state index in [1.54, 1.807) is 0 Å². The quantitative estimate of drug-likeness (QED) is 0.547. The van der Waals surface area contributed by atoms with Crippen LogP contribution in [0.5, 0.6) is 0 Å². The summed E-state index contributed by atoms with van der Waals surface area (Å²) in [5, 5.41) is 15.0. The van der Waals surface area contributed by atoms with Crippen molar-refractivity contribution in [1.29, 1.82) is 0 Å². The molecule has 2 aromatic rings. The summed E-state index contributed by atoms with van der Waals surface area (Å²) in [6.07, 6.45) is 1.37. The fourth-order valence-electron chi connectivity index (χ4n) is 1.45. The van der Waals surface area contributed by atoms with Crippen LogP contribution >= 0.6 is 51.2 Å². The Morgan fingerprint density at radius 3 is 2.73 bits per heavy atom. The van der Waals surface area contributed by atoms with E-state index < -0.39 is 0 Å². The zero-order chi connectivity index (χ0) is 15.9. The lowest BCUT2D eigenvalue weighted by Gasteiger charge is -2.07. The molecule has 1 aromatic carbocycles. The topological polar surface area (TPSA) is 66.9 Å². The van der Waals surface area contributed by atoms with Gasteiger partial charge in [0, 0.05) is 16.6 Å². The molecule has 9 heteroatoms. The smallest absolute Gasteiger partial charge is 0.212 e. The Kier molecular flexibility index (Phi) is 6.74. The van der Waals surface area contributed by atoms with Gasteiger partial charge in [0.2, 0.25) is 5.13 Å². The Morgan fingerprint density at radius 2 is 2.05 bits per heavy atom. The van der Waals surface area contributed by atoms with E-state index in [1.165, 1.54) is 11.3 Å². The zero-order valence-electron chi connectivity index (χ0n) is 11.6. The number of hydrogen-bond acceptors (Lipinski definition) is 6. The van der Waals surface area contributed by atoms with Crippen LogP contribution in [0.25, 0.3) is 0 Å². The van der Waals surface area contributed by atoms with Gasteiger partial charge in [-0.25, -0.2) is 0 Å². The van der Waals surface area contributed by atoms with Gasteiger partial charge >= 0.3 is 0 Å². The summed E-state index contributed by atoms with van der Waals surface area (Å²) in [7, 11) is 0. The normalized spacial score (nSPS) is 10.3. The number of thioether (sulfide) groups is 1. The Hall–Kier alpha value is -1.03. The van der Waals surface area contributed by atoms with Gasteiger partial charge in [0.05, 0.1) is 0 Å². The molecule has 0 aliphatic heterocycles. The average molecular weight is 417 g/mol. The maximum absolute atomic E-state index is 11.6. The van der Waals surface area contributed by atoms with Crippen LogP contribution in [0.15, 0.2) is 33.1 Å². The largest absolute Gasteiger partial charge is 0.332 e. The third kappa shape index (κ3) is 5.64. The van der Waals surface area contributed by atoms with E-state index in [0.29, 0.717) is 21.0 Å². The summed E-state index contributed by atoms with van der Waals surface area (Å²) in [6, 6.07) is 7.65. The van der Waals surface area contributed by atoms with Gasteiger partial charge in [-0.2, -0.15) is 0 Å². The summed E-state index contributed by atoms with van der Waals surface area (Å²) in [4.78, 5) is 11.6. The number of thiocarbonyl (C=S) groups is 1. The molecule has 22 heavy (non-hydrogen) atoms. The zero-order valence-corrected chi connectivity index (χ0v) is 15.7. The molecular formula is C13H13BrN4OS3. The Labute approximate surface area is 150 Å². The molecule has 0 bridgehead atoms. The number of anilines is 2. The molecule has 5 nitrogen and oxygen atoms in total. The van der Waals surface area contributed by atoms with Gasteiger partial charge in [-0.05, 0) is 54.7 Å². The first-order valence-electron chi connectivity index (χ1n) is 6.44. The Balaban J connectivity index is 1.88. The molecule has 0 radical (unpaired) electrons. The summed E-state index contributed by atoms with van der Waals surface area (Å²) >= 11 is 11.0. The molecule has 0 amide bonds. The van der Waals surface area contributed by atoms with E-state index in [4.69, 9.17) is 12.2 Å². The molecular weight excluding hydrogens is 404 g/mol. The van der Waals surface area contributed by atoms with E-state index >= 15 is 0 Å². The second-order valence-corrected chi connectivity index (χ2v) is 7.79. The van der Waals surface area contributed by atoms with Crippen molar-refractivity contribution in [3.05, 3.63) is 28.7 Å². The monoisotopic (exact) mass is 416 g/mol. The van der Waals surface area contributed by atoms with Crippen molar-refractivity contribution >= 4 is 72.3 Å². The highest BCUT2D eigenvalue weighted by atomic mass is 79.9. The van der Waals surface area contributed by atoms with E-state index in [-0.39, 0.29) is 5.12 Å². The molecule has 1 aromatic heterocycles. The molecule has 1 heterocycles. The maximum Gasteiger partial charge on any atom is 0.212 e. The summed E-state index contributed by atoms with van der Waals surface area (Å²) in [5.41, 5.74) is 0.873. The number of carbonyl (C=O) groups is 1. The first-order chi connectivity index (χ1) is 10.6. The van der Waals surface area contributed by atoms with Crippen molar-refractivity contribution in [2.24, 2.45) is 0 Å². The van der Waals surface area contributed by atoms with Crippen molar-refractivity contribution in [3.63, 3.8) is 0 Å². The minimum Gasteiger partial charge on any atom is -0.332 e. The number of halogens is 1. The highest BCUT2D eigenvalue weighted by Crippen LogP contribution is 2.27. The van der Waals surface area contributed by atoms with Crippen LogP contribution < -0.4 is 10.6 Å². The first-order valence-corrected chi connectivity index (χ1v) is 9.28. The number of nitrogens with one attached hydrogen (secondary N) is 2. The lowest BCUT2D eigenvalue weighted by atomic mass is 10.3. The molecule has 0 saturated carbocycles. The predicted octanol–water partition coefficient (Wildman–Crippen LogP) is 4.53. The van der Waals surface area contributed by atoms with Gasteiger partial charge in [-0.1, -0.05) is 34.2 Å². The average Bonchev–Trinajstić information content (AvgIpc) is 2.88. The standard InChI is InChI=1S/C13H13BrN4OS3/c1-2-3-10(19)21-13-18-17-12(22-13)16-11(20)15-9-6-4-8(14)5-7-9/h4-7H,2-3H2,1H3,(H2,15,16,17,20). The van der Waals surface area contributed by atoms with Gasteiger partial charge in [-0.15, -0.1) is 10.2 Å². The van der Waals surface area contributed by atoms with E-state index in [1.807, 2.05) is 31.2 Å². The molecule has 0 unspecified atom stereocenters. The number of rotatable bonds is 5. The van der Waals surface area contributed by atoms with Crippen LogP contribution in [-0.2, 0) is 4.79 Å². The maximum atomic E-state index is 11.6. The second kappa shape index (κ2) is 8.56. The van der Waals surface area contributed by atoms with Crippen molar-refractivity contribution in [1.82, 2.24) is 10.2 Å². The van der Waals surface area contributed by atoms with Gasteiger partial charge in [0.1, 0.15) is 0 Å². The van der Waals surface area contributed by atoms with Gasteiger partial charge in [0.15, 0.2) is 14.6 Å². The number of carbonyl (C=O) groups excluding carboxylic acids is 1. The molecule has 0 atom stereocenters. The lowest BCUT2D eigenvalue weighted by Crippen LogP contribution is -2.18. The van der Waals surface area contributed by atoms with Crippen LogP contribution in [0, 0.1) is 0 Å². The van der Waals surface area contributed by atoms with Crippen LogP contribution in [0.1, 0.15) is 19.8 Å². The fraction of sp³-hybridized carbons (Fsp3) is 0.231. The van der Waals surface area contributed by atoms with Crippen molar-refractivity contribution in [2.45, 2.75) is 24.1 Å². The summed E-state index contributed by atoms with van der Waals surface area (Å²) in [5.74, 6) is 0. The second-order valence-electron chi connectivity index (χ2n) is 4.18. The molecule has 0 aliphatic carbocycles. The molecule has 2 N–H and O–H groups in total. The number of hydrogen-bond donors (Lipinski definition) is 2. The van der Waals surface area contributed by atoms with Crippen molar-refractivity contribution < 1.29 is 4.79 Å². The number of aromatic nitrogens is 2. The third-order valence-electron chi connectivity index (χ3n) is 2.38. The van der Waals surface area contributed by atoms with Gasteiger partial charge in [-0.3, -0.25) is 4.79 Å². The molecule has 0 fully saturated rings. The highest BCUT2D eigenvalue weighted by molar-refractivity contribution is 9.10. The van der Waals surface area contributed by atoms with Crippen LogP contribution in [0.3, 0.4) is 0 Å². The molecule has 0 aliphatic rings. The Morgan fingerprint density at radius 1 is 1.32 bits per heavy atom. The first kappa shape index (κ1) is 17.3. The summed E-state index contributed by atoms with van der Waals surface area (Å²) < 4.78 is 1.62. The van der Waals surface area contributed by atoms with Crippen LogP contribution in [0.2, 0.25) is 0 Å². The summed E-state index contributed by atoms with van der Waals surface area (Å²) in [6.45, 7) is 1.97. The van der Waals surface area contributed by atoms with E-state index in [9.17, 15) is 4.79 Å². The minimum atomic E-state index is 0.0979. The molecule has 0 saturated heterocycles. The fourth-order valence-corrected chi connectivity index (χ4v) is 3.74. The number of nitrogens with zero attached hydrogens (tertiary/aromatic N) is 2.